The van der Waals surface area contributed by atoms with E-state index in [1.54, 1.807) is 0 Å². The third kappa shape index (κ3) is 4.31. The van der Waals surface area contributed by atoms with Gasteiger partial charge in [-0.2, -0.15) is 0 Å². The quantitative estimate of drug-likeness (QED) is 0.903. The molecule has 1 aliphatic rings. The fourth-order valence-corrected chi connectivity index (χ4v) is 2.94. The van der Waals surface area contributed by atoms with E-state index in [-0.39, 0.29) is 11.9 Å². The molecule has 1 unspecified atom stereocenters. The minimum Gasteiger partial charge on any atom is -0.336 e. The summed E-state index contributed by atoms with van der Waals surface area (Å²) in [6.07, 6.45) is 3.45. The van der Waals surface area contributed by atoms with E-state index in [0.29, 0.717) is 5.92 Å². The molecule has 3 nitrogen and oxygen atoms in total. The molecule has 1 atom stereocenters. The molecule has 0 radical (unpaired) electrons. The zero-order valence-electron chi connectivity index (χ0n) is 13.6. The molecule has 0 bridgehead atoms. The summed E-state index contributed by atoms with van der Waals surface area (Å²) in [5.41, 5.74) is 2.09. The predicted octanol–water partition coefficient (Wildman–Crippen LogP) is 3.10. The van der Waals surface area contributed by atoms with Gasteiger partial charge in [-0.3, -0.25) is 4.79 Å². The van der Waals surface area contributed by atoms with E-state index in [1.807, 2.05) is 17.0 Å². The van der Waals surface area contributed by atoms with E-state index in [1.165, 1.54) is 18.4 Å². The van der Waals surface area contributed by atoms with Crippen molar-refractivity contribution in [3.63, 3.8) is 0 Å². The Morgan fingerprint density at radius 3 is 2.57 bits per heavy atom. The third-order valence-corrected chi connectivity index (χ3v) is 4.35. The van der Waals surface area contributed by atoms with Gasteiger partial charge in [0, 0.05) is 18.2 Å². The van der Waals surface area contributed by atoms with Crippen molar-refractivity contribution in [1.82, 2.24) is 10.2 Å². The van der Waals surface area contributed by atoms with Crippen molar-refractivity contribution in [3.05, 3.63) is 35.4 Å². The lowest BCUT2D eigenvalue weighted by atomic mass is 9.98. The van der Waals surface area contributed by atoms with E-state index >= 15 is 0 Å². The van der Waals surface area contributed by atoms with E-state index in [0.717, 1.165) is 31.6 Å². The molecule has 3 heteroatoms. The lowest BCUT2D eigenvalue weighted by Crippen LogP contribution is -2.44. The number of rotatable bonds is 5. The topological polar surface area (TPSA) is 32.3 Å². The molecule has 1 amide bonds. The second-order valence-electron chi connectivity index (χ2n) is 6.31. The fourth-order valence-electron chi connectivity index (χ4n) is 2.94. The molecule has 1 N–H and O–H groups in total. The number of hydrogen-bond donors (Lipinski definition) is 1. The summed E-state index contributed by atoms with van der Waals surface area (Å²) in [4.78, 5) is 14.8. The van der Waals surface area contributed by atoms with E-state index in [9.17, 15) is 4.79 Å². The minimum atomic E-state index is 0.165. The van der Waals surface area contributed by atoms with Gasteiger partial charge in [0.1, 0.15) is 0 Å². The van der Waals surface area contributed by atoms with Crippen molar-refractivity contribution >= 4 is 5.91 Å². The van der Waals surface area contributed by atoms with Crippen LogP contribution in [-0.2, 0) is 6.42 Å². The van der Waals surface area contributed by atoms with Gasteiger partial charge in [-0.15, -0.1) is 0 Å². The van der Waals surface area contributed by atoms with Crippen molar-refractivity contribution in [3.8, 4) is 0 Å². The molecular formula is C18H28N2O. The van der Waals surface area contributed by atoms with Crippen LogP contribution in [0.1, 0.15) is 49.5 Å². The maximum Gasteiger partial charge on any atom is 0.254 e. The summed E-state index contributed by atoms with van der Waals surface area (Å²) >= 11 is 0. The maximum atomic E-state index is 12.8. The van der Waals surface area contributed by atoms with Crippen LogP contribution < -0.4 is 5.32 Å². The number of aryl methyl sites for hydroxylation is 1. The first kappa shape index (κ1) is 16.0. The van der Waals surface area contributed by atoms with Gasteiger partial charge in [-0.05, 0) is 69.8 Å². The summed E-state index contributed by atoms with van der Waals surface area (Å²) < 4.78 is 0. The first-order valence-corrected chi connectivity index (χ1v) is 8.22. The molecule has 1 saturated heterocycles. The van der Waals surface area contributed by atoms with Gasteiger partial charge in [-0.25, -0.2) is 0 Å². The lowest BCUT2D eigenvalue weighted by molar-refractivity contribution is 0.0661. The molecule has 1 aliphatic heterocycles. The summed E-state index contributed by atoms with van der Waals surface area (Å²) in [6.45, 7) is 9.35. The van der Waals surface area contributed by atoms with Crippen LogP contribution in [0, 0.1) is 5.92 Å². The highest BCUT2D eigenvalue weighted by Gasteiger charge is 2.23. The van der Waals surface area contributed by atoms with Gasteiger partial charge in [-0.1, -0.05) is 19.1 Å². The van der Waals surface area contributed by atoms with Crippen LogP contribution >= 0.6 is 0 Å². The molecule has 2 rings (SSSR count). The highest BCUT2D eigenvalue weighted by Crippen LogP contribution is 2.17. The highest BCUT2D eigenvalue weighted by atomic mass is 16.2. The molecule has 1 heterocycles. The van der Waals surface area contributed by atoms with Crippen LogP contribution in [0.25, 0.3) is 0 Å². The molecule has 1 aromatic carbocycles. The minimum absolute atomic E-state index is 0.165. The van der Waals surface area contributed by atoms with Crippen LogP contribution in [0.2, 0.25) is 0 Å². The number of nitrogens with zero attached hydrogens (tertiary/aromatic N) is 1. The van der Waals surface area contributed by atoms with Crippen molar-refractivity contribution in [2.45, 2.75) is 46.1 Å². The fraction of sp³-hybridized carbons (Fsp3) is 0.611. The molecule has 0 saturated carbocycles. The number of amides is 1. The lowest BCUT2D eigenvalue weighted by Gasteiger charge is -2.33. The molecule has 1 aromatic rings. The van der Waals surface area contributed by atoms with Crippen molar-refractivity contribution in [2.24, 2.45) is 5.92 Å². The second kappa shape index (κ2) is 7.60. The van der Waals surface area contributed by atoms with Gasteiger partial charge in [0.05, 0.1) is 0 Å². The first-order valence-electron chi connectivity index (χ1n) is 8.22. The van der Waals surface area contributed by atoms with Gasteiger partial charge in [0.15, 0.2) is 0 Å². The standard InChI is InChI=1S/C18H28N2O/c1-4-15-7-9-17(10-8-15)18(21)20(14(2)3)13-16-6-5-11-19-12-16/h7-10,14,16,19H,4-6,11-13H2,1-3H3. The number of nitrogens with one attached hydrogen (secondary N) is 1. The van der Waals surface area contributed by atoms with E-state index in [4.69, 9.17) is 0 Å². The van der Waals surface area contributed by atoms with Crippen molar-refractivity contribution < 1.29 is 4.79 Å². The monoisotopic (exact) mass is 288 g/mol. The van der Waals surface area contributed by atoms with Crippen LogP contribution in [-0.4, -0.2) is 36.5 Å². The van der Waals surface area contributed by atoms with Gasteiger partial charge < -0.3 is 10.2 Å². The molecule has 21 heavy (non-hydrogen) atoms. The Balaban J connectivity index is 2.06. The molecule has 116 valence electrons. The third-order valence-electron chi connectivity index (χ3n) is 4.35. The van der Waals surface area contributed by atoms with E-state index in [2.05, 4.69) is 38.2 Å². The molecule has 0 aromatic heterocycles. The molecule has 1 fully saturated rings. The number of hydrogen-bond acceptors (Lipinski definition) is 2. The largest absolute Gasteiger partial charge is 0.336 e. The normalized spacial score (nSPS) is 18.8. The maximum absolute atomic E-state index is 12.8. The predicted molar refractivity (Wildman–Crippen MR) is 87.6 cm³/mol. The van der Waals surface area contributed by atoms with Crippen LogP contribution in [0.15, 0.2) is 24.3 Å². The van der Waals surface area contributed by atoms with E-state index < -0.39 is 0 Å². The van der Waals surface area contributed by atoms with Crippen molar-refractivity contribution in [2.75, 3.05) is 19.6 Å². The number of benzene rings is 1. The summed E-state index contributed by atoms with van der Waals surface area (Å²) in [7, 11) is 0. The Hall–Kier alpha value is -1.35. The Morgan fingerprint density at radius 1 is 1.33 bits per heavy atom. The summed E-state index contributed by atoms with van der Waals surface area (Å²) in [6, 6.07) is 8.30. The Bertz CT molecular complexity index is 447. The Morgan fingerprint density at radius 2 is 2.05 bits per heavy atom. The van der Waals surface area contributed by atoms with Gasteiger partial charge in [0.25, 0.3) is 5.91 Å². The van der Waals surface area contributed by atoms with Crippen molar-refractivity contribution in [1.29, 1.82) is 0 Å². The summed E-state index contributed by atoms with van der Waals surface area (Å²) in [5.74, 6) is 0.748. The van der Waals surface area contributed by atoms with Crippen LogP contribution in [0.3, 0.4) is 0 Å². The zero-order valence-corrected chi connectivity index (χ0v) is 13.6. The van der Waals surface area contributed by atoms with Crippen LogP contribution in [0.5, 0.6) is 0 Å². The first-order chi connectivity index (χ1) is 10.1. The second-order valence-corrected chi connectivity index (χ2v) is 6.31. The van der Waals surface area contributed by atoms with Gasteiger partial charge >= 0.3 is 0 Å². The SMILES string of the molecule is CCc1ccc(C(=O)N(CC2CCCNC2)C(C)C)cc1. The number of carbonyl (C=O) groups is 1. The number of carbonyl (C=O) groups excluding carboxylic acids is 1. The highest BCUT2D eigenvalue weighted by molar-refractivity contribution is 5.94. The molecule has 0 aliphatic carbocycles. The Kier molecular flexibility index (Phi) is 5.80. The van der Waals surface area contributed by atoms with Crippen LogP contribution in [0.4, 0.5) is 0 Å². The van der Waals surface area contributed by atoms with Gasteiger partial charge in [0.2, 0.25) is 0 Å². The number of piperidine rings is 1. The average Bonchev–Trinajstić information content (AvgIpc) is 2.53. The molecular weight excluding hydrogens is 260 g/mol. The summed E-state index contributed by atoms with van der Waals surface area (Å²) in [5, 5.41) is 3.43. The Labute approximate surface area is 128 Å². The zero-order chi connectivity index (χ0) is 15.2. The molecule has 0 spiro atoms. The average molecular weight is 288 g/mol. The smallest absolute Gasteiger partial charge is 0.254 e.